The summed E-state index contributed by atoms with van der Waals surface area (Å²) in [7, 11) is 0. The number of carbonyl (C=O) groups excluding carboxylic acids is 3. The van der Waals surface area contributed by atoms with Gasteiger partial charge in [0.2, 0.25) is 0 Å². The van der Waals surface area contributed by atoms with Crippen molar-refractivity contribution in [2.45, 2.75) is 64.8 Å². The zero-order valence-electron chi connectivity index (χ0n) is 16.8. The second-order valence-electron chi connectivity index (χ2n) is 8.00. The van der Waals surface area contributed by atoms with Crippen LogP contribution in [0.5, 0.6) is 0 Å². The maximum absolute atomic E-state index is 13.4. The Labute approximate surface area is 164 Å². The van der Waals surface area contributed by atoms with Crippen LogP contribution in [0.25, 0.3) is 0 Å². The lowest BCUT2D eigenvalue weighted by Gasteiger charge is -2.44. The van der Waals surface area contributed by atoms with Gasteiger partial charge in [-0.15, -0.1) is 0 Å². The zero-order chi connectivity index (χ0) is 21.2. The van der Waals surface area contributed by atoms with Gasteiger partial charge in [-0.25, -0.2) is 4.39 Å². The maximum atomic E-state index is 13.4. The van der Waals surface area contributed by atoms with Crippen LogP contribution in [-0.4, -0.2) is 40.6 Å². The summed E-state index contributed by atoms with van der Waals surface area (Å²) in [5, 5.41) is 10.9. The quantitative estimate of drug-likeness (QED) is 0.610. The number of ketones is 1. The molecule has 1 aliphatic rings. The van der Waals surface area contributed by atoms with E-state index in [0.717, 1.165) is 0 Å². The fourth-order valence-electron chi connectivity index (χ4n) is 3.71. The molecule has 4 atom stereocenters. The molecule has 1 saturated carbocycles. The van der Waals surface area contributed by atoms with E-state index in [2.05, 4.69) is 0 Å². The van der Waals surface area contributed by atoms with Crippen molar-refractivity contribution >= 4 is 17.7 Å². The third-order valence-electron chi connectivity index (χ3n) is 4.73. The molecule has 1 aromatic carbocycles. The molecule has 154 valence electrons. The summed E-state index contributed by atoms with van der Waals surface area (Å²) in [5.41, 5.74) is -1.34. The van der Waals surface area contributed by atoms with Gasteiger partial charge in [-0.3, -0.25) is 14.4 Å². The van der Waals surface area contributed by atoms with Gasteiger partial charge in [-0.2, -0.15) is 0 Å². The Morgan fingerprint density at radius 1 is 1.07 bits per heavy atom. The third kappa shape index (κ3) is 4.76. The average molecular weight is 394 g/mol. The molecule has 1 N–H and O–H groups in total. The molecule has 6 nitrogen and oxygen atoms in total. The van der Waals surface area contributed by atoms with E-state index in [4.69, 9.17) is 9.47 Å². The first-order chi connectivity index (χ1) is 12.9. The van der Waals surface area contributed by atoms with Crippen molar-refractivity contribution in [3.8, 4) is 0 Å². The van der Waals surface area contributed by atoms with E-state index in [1.54, 1.807) is 27.7 Å². The lowest BCUT2D eigenvalue weighted by Crippen LogP contribution is -2.55. The minimum Gasteiger partial charge on any atom is -0.463 e. The van der Waals surface area contributed by atoms with Crippen LogP contribution in [-0.2, 0) is 23.9 Å². The van der Waals surface area contributed by atoms with Crippen LogP contribution in [0, 0.1) is 17.7 Å². The molecular weight excluding hydrogens is 367 g/mol. The first kappa shape index (κ1) is 22.0. The van der Waals surface area contributed by atoms with Crippen LogP contribution in [0.4, 0.5) is 4.39 Å². The summed E-state index contributed by atoms with van der Waals surface area (Å²) in [6.07, 6.45) is -1.30. The van der Waals surface area contributed by atoms with Gasteiger partial charge in [0.15, 0.2) is 5.78 Å². The van der Waals surface area contributed by atoms with E-state index < -0.39 is 59.1 Å². The zero-order valence-corrected chi connectivity index (χ0v) is 16.8. The fraction of sp³-hybridized carbons (Fsp3) is 0.571. The number of halogens is 1. The predicted molar refractivity (Wildman–Crippen MR) is 98.8 cm³/mol. The standard InChI is InChI=1S/C21H27FO6/c1-11(2)27-19(24)17-15(23)10-21(5,26)18(20(25)28-12(3)4)16(17)13-6-8-14(22)9-7-13/h6-9,11-12,16-18,26H,10H2,1-5H3/t16-,17-,18-,21+/m1/s1. The monoisotopic (exact) mass is 394 g/mol. The maximum Gasteiger partial charge on any atom is 0.317 e. The number of hydrogen-bond donors (Lipinski definition) is 1. The van der Waals surface area contributed by atoms with E-state index >= 15 is 0 Å². The van der Waals surface area contributed by atoms with E-state index in [9.17, 15) is 23.9 Å². The Hall–Kier alpha value is -2.28. The number of aliphatic hydroxyl groups is 1. The molecule has 1 fully saturated rings. The molecule has 0 spiro atoms. The second-order valence-corrected chi connectivity index (χ2v) is 8.00. The Bertz CT molecular complexity index is 730. The van der Waals surface area contributed by atoms with Gasteiger partial charge in [0, 0.05) is 12.3 Å². The van der Waals surface area contributed by atoms with Gasteiger partial charge in [0.1, 0.15) is 11.7 Å². The molecule has 28 heavy (non-hydrogen) atoms. The van der Waals surface area contributed by atoms with Crippen LogP contribution >= 0.6 is 0 Å². The molecule has 2 rings (SSSR count). The number of hydrogen-bond acceptors (Lipinski definition) is 6. The summed E-state index contributed by atoms with van der Waals surface area (Å²) in [6.45, 7) is 8.01. The number of rotatable bonds is 5. The van der Waals surface area contributed by atoms with Crippen LogP contribution in [0.1, 0.15) is 52.5 Å². The van der Waals surface area contributed by atoms with Crippen molar-refractivity contribution in [2.24, 2.45) is 11.8 Å². The molecule has 1 aromatic rings. The lowest BCUT2D eigenvalue weighted by atomic mass is 9.61. The van der Waals surface area contributed by atoms with Gasteiger partial charge in [-0.1, -0.05) is 12.1 Å². The molecule has 0 aromatic heterocycles. The summed E-state index contributed by atoms with van der Waals surface area (Å²) < 4.78 is 24.0. The molecule has 0 heterocycles. The minimum absolute atomic E-state index is 0.381. The van der Waals surface area contributed by atoms with E-state index in [0.29, 0.717) is 5.56 Å². The van der Waals surface area contributed by atoms with Crippen molar-refractivity contribution in [1.29, 1.82) is 0 Å². The molecule has 1 aliphatic carbocycles. The lowest BCUT2D eigenvalue weighted by molar-refractivity contribution is -0.176. The van der Waals surface area contributed by atoms with Crippen LogP contribution < -0.4 is 0 Å². The highest BCUT2D eigenvalue weighted by Gasteiger charge is 2.57. The van der Waals surface area contributed by atoms with Gasteiger partial charge >= 0.3 is 11.9 Å². The van der Waals surface area contributed by atoms with Crippen molar-refractivity contribution in [1.82, 2.24) is 0 Å². The first-order valence-electron chi connectivity index (χ1n) is 9.35. The predicted octanol–water partition coefficient (Wildman–Crippen LogP) is 2.77. The van der Waals surface area contributed by atoms with Gasteiger partial charge in [-0.05, 0) is 52.3 Å². The van der Waals surface area contributed by atoms with E-state index in [-0.39, 0.29) is 6.42 Å². The van der Waals surface area contributed by atoms with Crippen molar-refractivity contribution in [3.05, 3.63) is 35.6 Å². The molecule has 0 amide bonds. The topological polar surface area (TPSA) is 89.9 Å². The molecule has 0 saturated heterocycles. The number of carbonyl (C=O) groups is 3. The Morgan fingerprint density at radius 2 is 1.57 bits per heavy atom. The van der Waals surface area contributed by atoms with Crippen LogP contribution in [0.2, 0.25) is 0 Å². The van der Waals surface area contributed by atoms with Gasteiger partial charge < -0.3 is 14.6 Å². The van der Waals surface area contributed by atoms with Crippen LogP contribution in [0.15, 0.2) is 24.3 Å². The largest absolute Gasteiger partial charge is 0.463 e. The molecule has 0 bridgehead atoms. The van der Waals surface area contributed by atoms with Crippen molar-refractivity contribution in [2.75, 3.05) is 0 Å². The fourth-order valence-corrected chi connectivity index (χ4v) is 3.71. The highest BCUT2D eigenvalue weighted by molar-refractivity contribution is 6.02. The Kier molecular flexibility index (Phi) is 6.59. The minimum atomic E-state index is -1.73. The molecule has 0 aliphatic heterocycles. The van der Waals surface area contributed by atoms with Gasteiger partial charge in [0.05, 0.1) is 23.7 Å². The average Bonchev–Trinajstić information content (AvgIpc) is 2.52. The van der Waals surface area contributed by atoms with Crippen molar-refractivity contribution in [3.63, 3.8) is 0 Å². The number of Topliss-reactive ketones (excluding diaryl/α,β-unsaturated/α-hetero) is 1. The highest BCUT2D eigenvalue weighted by Crippen LogP contribution is 2.47. The summed E-state index contributed by atoms with van der Waals surface area (Å²) in [4.78, 5) is 38.4. The highest BCUT2D eigenvalue weighted by atomic mass is 19.1. The first-order valence-corrected chi connectivity index (χ1v) is 9.35. The number of benzene rings is 1. The number of esters is 2. The molecule has 0 unspecified atom stereocenters. The third-order valence-corrected chi connectivity index (χ3v) is 4.73. The summed E-state index contributed by atoms with van der Waals surface area (Å²) >= 11 is 0. The summed E-state index contributed by atoms with van der Waals surface area (Å²) in [5.74, 6) is -6.04. The van der Waals surface area contributed by atoms with Gasteiger partial charge in [0.25, 0.3) is 0 Å². The van der Waals surface area contributed by atoms with E-state index in [1.165, 1.54) is 31.2 Å². The SMILES string of the molecule is CC(C)OC(=O)[C@@H]1C(=O)C[C@](C)(O)[C@@H](C(=O)OC(C)C)[C@@H]1c1ccc(F)cc1. The summed E-state index contributed by atoms with van der Waals surface area (Å²) in [6, 6.07) is 5.16. The smallest absolute Gasteiger partial charge is 0.317 e. The normalized spacial score (nSPS) is 27.8. The molecule has 7 heteroatoms. The molecular formula is C21H27FO6. The second kappa shape index (κ2) is 8.39. The van der Waals surface area contributed by atoms with Crippen LogP contribution in [0.3, 0.4) is 0 Å². The Balaban J connectivity index is 2.59. The van der Waals surface area contributed by atoms with E-state index in [1.807, 2.05) is 0 Å². The number of ether oxygens (including phenoxy) is 2. The Morgan fingerprint density at radius 3 is 2.07 bits per heavy atom. The molecule has 0 radical (unpaired) electrons. The van der Waals surface area contributed by atoms with Crippen molar-refractivity contribution < 1.29 is 33.4 Å².